The van der Waals surface area contributed by atoms with E-state index in [0.29, 0.717) is 33.7 Å². The van der Waals surface area contributed by atoms with Crippen LogP contribution in [0.15, 0.2) is 119 Å². The van der Waals surface area contributed by atoms with Gasteiger partial charge in [-0.25, -0.2) is 13.2 Å². The standard InChI is InChI=1S/C35H30N2O5S/c1-22-15-18-25(19-16-22)43(39,40)37-33-28-12-6-7-14-31(28)42-34(33)32(27-13-8-10-23-9-4-5-11-26(23)27)24-17-20-30(36-2)29(21-24)35(38)41-3/h4-21,32,36-37H,1-3H3/t32-/m0/s1. The van der Waals surface area contributed by atoms with Gasteiger partial charge in [0, 0.05) is 18.1 Å². The lowest BCUT2D eigenvalue weighted by Crippen LogP contribution is -2.15. The van der Waals surface area contributed by atoms with Gasteiger partial charge in [-0.05, 0) is 65.2 Å². The Bertz CT molecular complexity index is 2080. The van der Waals surface area contributed by atoms with E-state index in [0.717, 1.165) is 27.5 Å². The van der Waals surface area contributed by atoms with E-state index in [1.807, 2.05) is 85.8 Å². The van der Waals surface area contributed by atoms with Crippen LogP contribution < -0.4 is 10.0 Å². The van der Waals surface area contributed by atoms with Crippen molar-refractivity contribution in [1.29, 1.82) is 0 Å². The zero-order valence-electron chi connectivity index (χ0n) is 23.9. The zero-order chi connectivity index (χ0) is 30.1. The molecular formula is C35H30N2O5S. The highest BCUT2D eigenvalue weighted by molar-refractivity contribution is 7.92. The number of nitrogens with one attached hydrogen (secondary N) is 2. The first-order valence-corrected chi connectivity index (χ1v) is 15.3. The number of carbonyl (C=O) groups excluding carboxylic acids is 1. The number of benzene rings is 5. The van der Waals surface area contributed by atoms with E-state index in [2.05, 4.69) is 10.0 Å². The molecule has 5 aromatic carbocycles. The number of ether oxygens (including phenoxy) is 1. The fraction of sp³-hybridized carbons (Fsp3) is 0.114. The van der Waals surface area contributed by atoms with E-state index in [-0.39, 0.29) is 4.90 Å². The third-order valence-corrected chi connectivity index (χ3v) is 9.00. The molecule has 7 nitrogen and oxygen atoms in total. The number of hydrogen-bond acceptors (Lipinski definition) is 6. The summed E-state index contributed by atoms with van der Waals surface area (Å²) in [5.41, 5.74) is 4.40. The minimum absolute atomic E-state index is 0.141. The Hall–Kier alpha value is -5.08. The summed E-state index contributed by atoms with van der Waals surface area (Å²) in [5.74, 6) is -0.683. The Labute approximate surface area is 250 Å². The molecule has 216 valence electrons. The fourth-order valence-electron chi connectivity index (χ4n) is 5.50. The summed E-state index contributed by atoms with van der Waals surface area (Å²) in [5, 5.41) is 5.67. The molecule has 0 amide bonds. The molecule has 0 aliphatic rings. The van der Waals surface area contributed by atoms with Crippen molar-refractivity contribution in [1.82, 2.24) is 0 Å². The highest BCUT2D eigenvalue weighted by Gasteiger charge is 2.31. The number of carbonyl (C=O) groups is 1. The summed E-state index contributed by atoms with van der Waals surface area (Å²) in [6.07, 6.45) is 0. The number of anilines is 2. The molecule has 0 radical (unpaired) electrons. The van der Waals surface area contributed by atoms with E-state index in [1.165, 1.54) is 7.11 Å². The van der Waals surface area contributed by atoms with Gasteiger partial charge in [0.15, 0.2) is 0 Å². The molecule has 0 bridgehead atoms. The Kier molecular flexibility index (Phi) is 7.38. The van der Waals surface area contributed by atoms with Crippen molar-refractivity contribution in [3.05, 3.63) is 137 Å². The number of esters is 1. The predicted molar refractivity (Wildman–Crippen MR) is 170 cm³/mol. The number of hydrogen-bond donors (Lipinski definition) is 2. The van der Waals surface area contributed by atoms with Crippen LogP contribution in [0.1, 0.15) is 38.7 Å². The van der Waals surface area contributed by atoms with Crippen LogP contribution in [-0.2, 0) is 14.8 Å². The average Bonchev–Trinajstić information content (AvgIpc) is 3.38. The van der Waals surface area contributed by atoms with Crippen LogP contribution in [0, 0.1) is 6.92 Å². The second-order valence-electron chi connectivity index (χ2n) is 10.3. The van der Waals surface area contributed by atoms with E-state index >= 15 is 0 Å². The lowest BCUT2D eigenvalue weighted by Gasteiger charge is -2.21. The molecule has 0 saturated heterocycles. The molecule has 0 saturated carbocycles. The van der Waals surface area contributed by atoms with Gasteiger partial charge in [-0.2, -0.15) is 0 Å². The highest BCUT2D eigenvalue weighted by atomic mass is 32.2. The van der Waals surface area contributed by atoms with E-state index in [1.54, 1.807) is 37.4 Å². The van der Waals surface area contributed by atoms with Crippen molar-refractivity contribution in [3.63, 3.8) is 0 Å². The van der Waals surface area contributed by atoms with Gasteiger partial charge in [-0.15, -0.1) is 0 Å². The third-order valence-electron chi connectivity index (χ3n) is 7.64. The molecule has 8 heteroatoms. The average molecular weight is 591 g/mol. The summed E-state index contributed by atoms with van der Waals surface area (Å²) in [6.45, 7) is 1.90. The number of sulfonamides is 1. The first-order chi connectivity index (χ1) is 20.8. The predicted octanol–water partition coefficient (Wildman–Crippen LogP) is 7.70. The number of para-hydroxylation sites is 1. The molecule has 0 spiro atoms. The minimum Gasteiger partial charge on any atom is -0.465 e. The molecule has 0 aliphatic heterocycles. The number of rotatable bonds is 8. The summed E-state index contributed by atoms with van der Waals surface area (Å²) < 4.78 is 42.0. The largest absolute Gasteiger partial charge is 0.465 e. The smallest absolute Gasteiger partial charge is 0.339 e. The normalized spacial score (nSPS) is 12.3. The van der Waals surface area contributed by atoms with Crippen molar-refractivity contribution in [2.75, 3.05) is 24.2 Å². The lowest BCUT2D eigenvalue weighted by molar-refractivity contribution is 0.0601. The number of furan rings is 1. The SMILES string of the molecule is CNc1ccc([C@H](c2oc3ccccc3c2NS(=O)(=O)c2ccc(C)cc2)c2cccc3ccccc23)cc1C(=O)OC. The van der Waals surface area contributed by atoms with Crippen molar-refractivity contribution < 1.29 is 22.4 Å². The highest BCUT2D eigenvalue weighted by Crippen LogP contribution is 2.45. The van der Waals surface area contributed by atoms with Gasteiger partial charge < -0.3 is 14.5 Å². The van der Waals surface area contributed by atoms with Crippen LogP contribution in [0.25, 0.3) is 21.7 Å². The van der Waals surface area contributed by atoms with Crippen molar-refractivity contribution in [2.24, 2.45) is 0 Å². The maximum atomic E-state index is 13.8. The molecule has 0 aliphatic carbocycles. The van der Waals surface area contributed by atoms with E-state index in [9.17, 15) is 13.2 Å². The summed E-state index contributed by atoms with van der Waals surface area (Å²) in [6, 6.07) is 33.5. The number of fused-ring (bicyclic) bond motifs is 2. The molecule has 0 fully saturated rings. The fourth-order valence-corrected chi connectivity index (χ4v) is 6.59. The van der Waals surface area contributed by atoms with Gasteiger partial charge in [0.25, 0.3) is 10.0 Å². The Morgan fingerprint density at radius 1 is 0.837 bits per heavy atom. The second kappa shape index (κ2) is 11.3. The van der Waals surface area contributed by atoms with Gasteiger partial charge >= 0.3 is 5.97 Å². The maximum Gasteiger partial charge on any atom is 0.339 e. The quantitative estimate of drug-likeness (QED) is 0.176. The van der Waals surface area contributed by atoms with Crippen LogP contribution in [0.5, 0.6) is 0 Å². The van der Waals surface area contributed by atoms with Gasteiger partial charge in [-0.3, -0.25) is 4.72 Å². The van der Waals surface area contributed by atoms with Crippen molar-refractivity contribution in [2.45, 2.75) is 17.7 Å². The summed E-state index contributed by atoms with van der Waals surface area (Å²) in [7, 11) is -0.907. The molecule has 6 aromatic rings. The van der Waals surface area contributed by atoms with Gasteiger partial charge in [0.05, 0.1) is 29.2 Å². The van der Waals surface area contributed by atoms with E-state index in [4.69, 9.17) is 9.15 Å². The van der Waals surface area contributed by atoms with Crippen LogP contribution in [0.3, 0.4) is 0 Å². The Morgan fingerprint density at radius 2 is 1.53 bits per heavy atom. The molecule has 1 heterocycles. The first-order valence-electron chi connectivity index (χ1n) is 13.8. The monoisotopic (exact) mass is 590 g/mol. The topological polar surface area (TPSA) is 97.6 Å². The molecule has 1 atom stereocenters. The van der Waals surface area contributed by atoms with Crippen molar-refractivity contribution in [3.8, 4) is 0 Å². The molecule has 43 heavy (non-hydrogen) atoms. The molecule has 6 rings (SSSR count). The molecule has 1 aromatic heterocycles. The van der Waals surface area contributed by atoms with Crippen LogP contribution >= 0.6 is 0 Å². The van der Waals surface area contributed by atoms with E-state index < -0.39 is 21.9 Å². The number of methoxy groups -OCH3 is 1. The summed E-state index contributed by atoms with van der Waals surface area (Å²) in [4.78, 5) is 13.0. The van der Waals surface area contributed by atoms with Crippen LogP contribution in [0.2, 0.25) is 0 Å². The Balaban J connectivity index is 1.64. The zero-order valence-corrected chi connectivity index (χ0v) is 24.7. The first kappa shape index (κ1) is 28.1. The minimum atomic E-state index is -3.98. The van der Waals surface area contributed by atoms with Gasteiger partial charge in [0.2, 0.25) is 0 Å². The molecule has 0 unspecified atom stereocenters. The van der Waals surface area contributed by atoms with Crippen LogP contribution in [0.4, 0.5) is 11.4 Å². The molecular weight excluding hydrogens is 560 g/mol. The van der Waals surface area contributed by atoms with Crippen LogP contribution in [-0.4, -0.2) is 28.5 Å². The van der Waals surface area contributed by atoms with Gasteiger partial charge in [0.1, 0.15) is 11.3 Å². The molecule has 2 N–H and O–H groups in total. The lowest BCUT2D eigenvalue weighted by atomic mass is 9.84. The summed E-state index contributed by atoms with van der Waals surface area (Å²) >= 11 is 0. The Morgan fingerprint density at radius 3 is 2.28 bits per heavy atom. The van der Waals surface area contributed by atoms with Crippen molar-refractivity contribution >= 4 is 49.1 Å². The maximum absolute atomic E-state index is 13.8. The van der Waals surface area contributed by atoms with Gasteiger partial charge in [-0.1, -0.05) is 78.4 Å². The third kappa shape index (κ3) is 5.21. The number of aryl methyl sites for hydroxylation is 1. The second-order valence-corrected chi connectivity index (χ2v) is 12.0.